The first kappa shape index (κ1) is 14.7. The number of imidazole rings is 1. The summed E-state index contributed by atoms with van der Waals surface area (Å²) >= 11 is 6.71. The highest BCUT2D eigenvalue weighted by Crippen LogP contribution is 2.16. The lowest BCUT2D eigenvalue weighted by atomic mass is 10.3. The third-order valence-corrected chi connectivity index (χ3v) is 6.25. The molecule has 0 bridgehead atoms. The van der Waals surface area contributed by atoms with Crippen molar-refractivity contribution in [2.45, 2.75) is 18.2 Å². The smallest absolute Gasteiger partial charge is 0.233 e. The molecule has 112 valence electrons. The van der Waals surface area contributed by atoms with E-state index in [4.69, 9.17) is 12.2 Å². The van der Waals surface area contributed by atoms with Crippen LogP contribution in [-0.2, 0) is 15.6 Å². The van der Waals surface area contributed by atoms with Crippen LogP contribution in [0.1, 0.15) is 12.1 Å². The molecule has 2 aromatic heterocycles. The average molecular weight is 342 g/mol. The van der Waals surface area contributed by atoms with Gasteiger partial charge in [-0.15, -0.1) is 0 Å². The van der Waals surface area contributed by atoms with Crippen molar-refractivity contribution in [3.8, 4) is 0 Å². The molecule has 9 heteroatoms. The molecule has 1 saturated heterocycles. The van der Waals surface area contributed by atoms with Gasteiger partial charge in [-0.05, 0) is 12.5 Å². The van der Waals surface area contributed by atoms with E-state index >= 15 is 0 Å². The second-order valence-corrected chi connectivity index (χ2v) is 8.76. The Morgan fingerprint density at radius 1 is 1.57 bits per heavy atom. The maximum atomic E-state index is 11.4. The van der Waals surface area contributed by atoms with E-state index in [1.165, 1.54) is 11.8 Å². The maximum absolute atomic E-state index is 11.4. The molecule has 1 aliphatic rings. The highest BCUT2D eigenvalue weighted by molar-refractivity contribution is 8.22. The van der Waals surface area contributed by atoms with E-state index in [1.807, 2.05) is 22.9 Å². The number of hydrogen-bond acceptors (Lipinski definition) is 6. The molecule has 21 heavy (non-hydrogen) atoms. The maximum Gasteiger partial charge on any atom is 0.233 e. The Morgan fingerprint density at radius 2 is 2.43 bits per heavy atom. The van der Waals surface area contributed by atoms with Crippen molar-refractivity contribution in [1.29, 1.82) is 0 Å². The number of thiocarbonyl (C=S) groups is 1. The van der Waals surface area contributed by atoms with Crippen molar-refractivity contribution < 1.29 is 8.42 Å². The van der Waals surface area contributed by atoms with Crippen LogP contribution in [0.5, 0.6) is 0 Å². The van der Waals surface area contributed by atoms with Crippen LogP contribution in [0.3, 0.4) is 0 Å². The van der Waals surface area contributed by atoms with Crippen LogP contribution in [0.2, 0.25) is 0 Å². The number of aromatic nitrogens is 3. The topological polar surface area (TPSA) is 76.4 Å². The monoisotopic (exact) mass is 342 g/mol. The van der Waals surface area contributed by atoms with Crippen molar-refractivity contribution in [2.75, 3.05) is 11.5 Å². The van der Waals surface area contributed by atoms with Gasteiger partial charge < -0.3 is 5.32 Å². The lowest BCUT2D eigenvalue weighted by molar-refractivity contribution is 0.600. The Hall–Kier alpha value is -1.19. The van der Waals surface area contributed by atoms with Crippen molar-refractivity contribution in [3.63, 3.8) is 0 Å². The van der Waals surface area contributed by atoms with E-state index < -0.39 is 9.84 Å². The Kier molecular flexibility index (Phi) is 4.14. The lowest BCUT2D eigenvalue weighted by Gasteiger charge is -2.11. The van der Waals surface area contributed by atoms with Crippen molar-refractivity contribution in [2.24, 2.45) is 0 Å². The predicted octanol–water partition coefficient (Wildman–Crippen LogP) is 1.02. The third-order valence-electron chi connectivity index (χ3n) is 3.19. The summed E-state index contributed by atoms with van der Waals surface area (Å²) in [5.74, 6) is 1.71. The number of hydrogen-bond donors (Lipinski definition) is 1. The number of nitrogens with zero attached hydrogens (tertiary/aromatic N) is 3. The summed E-state index contributed by atoms with van der Waals surface area (Å²) < 4.78 is 25.3. The number of rotatable bonds is 3. The van der Waals surface area contributed by atoms with E-state index in [-0.39, 0.29) is 17.5 Å². The molecule has 0 radical (unpaired) electrons. The zero-order valence-corrected chi connectivity index (χ0v) is 13.5. The van der Waals surface area contributed by atoms with Gasteiger partial charge in [0, 0.05) is 30.4 Å². The molecule has 0 aliphatic carbocycles. The second kappa shape index (κ2) is 5.90. The number of nitrogens with one attached hydrogen (secondary N) is 1. The largest absolute Gasteiger partial charge is 0.367 e. The Morgan fingerprint density at radius 3 is 3.14 bits per heavy atom. The standard InChI is InChI=1S/C12H14N4O2S3/c17-21(18)5-2-9(8-21)15-12(19)20-7-10-6-16-4-1-3-13-11(16)14-10/h1,3-4,6,9H,2,5,7-8H2,(H,15,19). The van der Waals surface area contributed by atoms with Gasteiger partial charge in [0.1, 0.15) is 4.32 Å². The van der Waals surface area contributed by atoms with E-state index in [0.29, 0.717) is 22.3 Å². The van der Waals surface area contributed by atoms with Gasteiger partial charge in [0.15, 0.2) is 9.84 Å². The van der Waals surface area contributed by atoms with Crippen molar-refractivity contribution >= 4 is 43.9 Å². The van der Waals surface area contributed by atoms with Gasteiger partial charge in [-0.25, -0.2) is 18.4 Å². The molecule has 1 atom stereocenters. The molecule has 1 fully saturated rings. The van der Waals surface area contributed by atoms with E-state index in [0.717, 1.165) is 5.69 Å². The van der Waals surface area contributed by atoms with Crippen LogP contribution < -0.4 is 5.32 Å². The Labute approximate surface area is 132 Å². The molecule has 1 aliphatic heterocycles. The predicted molar refractivity (Wildman–Crippen MR) is 87.1 cm³/mol. The molecule has 0 spiro atoms. The fourth-order valence-electron chi connectivity index (χ4n) is 2.21. The van der Waals surface area contributed by atoms with Crippen molar-refractivity contribution in [1.82, 2.24) is 19.7 Å². The van der Waals surface area contributed by atoms with E-state index in [9.17, 15) is 8.42 Å². The first-order chi connectivity index (χ1) is 10.0. The quantitative estimate of drug-likeness (QED) is 0.835. The molecule has 2 aromatic rings. The van der Waals surface area contributed by atoms with Gasteiger partial charge in [0.25, 0.3) is 0 Å². The SMILES string of the molecule is O=S1(=O)CCC(NC(=S)SCc2cn3cccnc3n2)C1. The zero-order valence-electron chi connectivity index (χ0n) is 11.1. The summed E-state index contributed by atoms with van der Waals surface area (Å²) in [5.41, 5.74) is 0.891. The van der Waals surface area contributed by atoms with Gasteiger partial charge >= 0.3 is 0 Å². The van der Waals surface area contributed by atoms with Gasteiger partial charge in [0.05, 0.1) is 17.2 Å². The summed E-state index contributed by atoms with van der Waals surface area (Å²) in [5, 5.41) is 3.10. The molecular formula is C12H14N4O2S3. The highest BCUT2D eigenvalue weighted by atomic mass is 32.2. The average Bonchev–Trinajstić information content (AvgIpc) is 2.99. The minimum atomic E-state index is -2.88. The van der Waals surface area contributed by atoms with Gasteiger partial charge in [-0.1, -0.05) is 24.0 Å². The van der Waals surface area contributed by atoms with Crippen LogP contribution in [0.4, 0.5) is 0 Å². The summed E-state index contributed by atoms with van der Waals surface area (Å²) in [4.78, 5) is 8.54. The third kappa shape index (κ3) is 3.72. The number of thioether (sulfide) groups is 1. The normalized spacial score (nSPS) is 20.7. The molecule has 1 unspecified atom stereocenters. The molecule has 0 amide bonds. The number of fused-ring (bicyclic) bond motifs is 1. The fourth-order valence-corrected chi connectivity index (χ4v) is 4.89. The van der Waals surface area contributed by atoms with Crippen LogP contribution in [0.25, 0.3) is 5.78 Å². The van der Waals surface area contributed by atoms with Crippen molar-refractivity contribution in [3.05, 3.63) is 30.4 Å². The summed E-state index contributed by atoms with van der Waals surface area (Å²) in [6, 6.07) is 1.79. The van der Waals surface area contributed by atoms with E-state index in [1.54, 1.807) is 6.20 Å². The minimum Gasteiger partial charge on any atom is -0.367 e. The molecule has 6 nitrogen and oxygen atoms in total. The fraction of sp³-hybridized carbons (Fsp3) is 0.417. The number of sulfone groups is 1. The van der Waals surface area contributed by atoms with Crippen LogP contribution in [0, 0.1) is 0 Å². The minimum absolute atomic E-state index is 0.0577. The van der Waals surface area contributed by atoms with Crippen LogP contribution in [-0.4, -0.2) is 44.7 Å². The molecule has 0 saturated carbocycles. The Balaban J connectivity index is 1.54. The lowest BCUT2D eigenvalue weighted by Crippen LogP contribution is -2.32. The first-order valence-corrected chi connectivity index (χ1v) is 9.66. The van der Waals surface area contributed by atoms with Crippen LogP contribution in [0.15, 0.2) is 24.7 Å². The molecule has 3 rings (SSSR count). The van der Waals surface area contributed by atoms with E-state index in [2.05, 4.69) is 15.3 Å². The summed E-state index contributed by atoms with van der Waals surface area (Å²) in [7, 11) is -2.88. The second-order valence-electron chi connectivity index (χ2n) is 4.88. The zero-order chi connectivity index (χ0) is 14.9. The Bertz CT molecular complexity index is 739. The van der Waals surface area contributed by atoms with Gasteiger partial charge in [0.2, 0.25) is 5.78 Å². The van der Waals surface area contributed by atoms with Gasteiger partial charge in [-0.3, -0.25) is 4.40 Å². The molecule has 0 aromatic carbocycles. The highest BCUT2D eigenvalue weighted by Gasteiger charge is 2.28. The molecule has 1 N–H and O–H groups in total. The first-order valence-electron chi connectivity index (χ1n) is 6.44. The summed E-state index contributed by atoms with van der Waals surface area (Å²) in [6.45, 7) is 0. The summed E-state index contributed by atoms with van der Waals surface area (Å²) in [6.07, 6.45) is 6.13. The molecular weight excluding hydrogens is 328 g/mol. The van der Waals surface area contributed by atoms with Gasteiger partial charge in [-0.2, -0.15) is 0 Å². The molecule has 3 heterocycles. The van der Waals surface area contributed by atoms with Crippen LogP contribution >= 0.6 is 24.0 Å².